The van der Waals surface area contributed by atoms with E-state index in [-0.39, 0.29) is 0 Å². The molecule has 1 fully saturated rings. The molecule has 0 amide bonds. The van der Waals surface area contributed by atoms with Crippen LogP contribution < -0.4 is 10.6 Å². The summed E-state index contributed by atoms with van der Waals surface area (Å²) in [4.78, 5) is 19.2. The molecule has 4 aromatic rings. The summed E-state index contributed by atoms with van der Waals surface area (Å²) in [6.45, 7) is 4.19. The van der Waals surface area contributed by atoms with Crippen molar-refractivity contribution in [2.75, 3.05) is 18.4 Å². The van der Waals surface area contributed by atoms with Gasteiger partial charge in [0.1, 0.15) is 16.2 Å². The van der Waals surface area contributed by atoms with Gasteiger partial charge in [0.25, 0.3) is 0 Å². The van der Waals surface area contributed by atoms with Crippen molar-refractivity contribution in [3.05, 3.63) is 60.0 Å². The van der Waals surface area contributed by atoms with Crippen LogP contribution in [-0.2, 0) is 0 Å². The Hall–Kier alpha value is -2.90. The Balaban J connectivity index is 1.38. The summed E-state index contributed by atoms with van der Waals surface area (Å²) >= 11 is 1.55. The van der Waals surface area contributed by atoms with Gasteiger partial charge in [0.2, 0.25) is 0 Å². The number of hydrogen-bond donors (Lipinski definition) is 2. The van der Waals surface area contributed by atoms with Crippen LogP contribution in [0.4, 0.5) is 10.9 Å². The van der Waals surface area contributed by atoms with E-state index in [1.165, 1.54) is 24.8 Å². The number of nitrogens with one attached hydrogen (secondary N) is 2. The lowest BCUT2D eigenvalue weighted by Crippen LogP contribution is -2.13. The summed E-state index contributed by atoms with van der Waals surface area (Å²) in [5.41, 5.74) is 5.23. The molecular weight excluding hydrogens is 392 g/mol. The smallest absolute Gasteiger partial charge is 0.190 e. The van der Waals surface area contributed by atoms with Crippen molar-refractivity contribution in [3.8, 4) is 11.3 Å². The predicted molar refractivity (Wildman–Crippen MR) is 122 cm³/mol. The second-order valence-electron chi connectivity index (χ2n) is 7.70. The topological polar surface area (TPSA) is 75.6 Å². The summed E-state index contributed by atoms with van der Waals surface area (Å²) < 4.78 is 0. The van der Waals surface area contributed by atoms with Crippen LogP contribution in [-0.4, -0.2) is 33.0 Å². The fraction of sp³-hybridized carbons (Fsp3) is 0.304. The van der Waals surface area contributed by atoms with E-state index in [0.717, 1.165) is 51.3 Å². The average Bonchev–Trinajstić information content (AvgIpc) is 2.96. The first-order chi connectivity index (χ1) is 14.7. The lowest BCUT2D eigenvalue weighted by Gasteiger charge is -2.14. The van der Waals surface area contributed by atoms with Gasteiger partial charge in [-0.2, -0.15) is 0 Å². The highest BCUT2D eigenvalue weighted by Gasteiger charge is 2.15. The van der Waals surface area contributed by atoms with Crippen LogP contribution in [0.2, 0.25) is 0 Å². The van der Waals surface area contributed by atoms with Crippen molar-refractivity contribution in [1.29, 1.82) is 0 Å². The van der Waals surface area contributed by atoms with E-state index in [4.69, 9.17) is 9.97 Å². The van der Waals surface area contributed by atoms with Crippen LogP contribution in [0.1, 0.15) is 36.4 Å². The zero-order chi connectivity index (χ0) is 20.3. The molecule has 1 aliphatic heterocycles. The first kappa shape index (κ1) is 19.1. The monoisotopic (exact) mass is 416 g/mol. The van der Waals surface area contributed by atoms with Crippen LogP contribution in [0, 0.1) is 6.92 Å². The van der Waals surface area contributed by atoms with Crippen molar-refractivity contribution in [3.63, 3.8) is 0 Å². The SMILES string of the molecule is Cc1cc(-c2ccc3nc(Nc4cc(C5CCCNCC5)ccn4)sc3n2)ccn1. The number of nitrogens with zero attached hydrogens (tertiary/aromatic N) is 4. The van der Waals surface area contributed by atoms with Crippen molar-refractivity contribution >= 4 is 32.6 Å². The van der Waals surface area contributed by atoms with Crippen LogP contribution in [0.5, 0.6) is 0 Å². The number of aryl methyl sites for hydroxylation is 1. The highest BCUT2D eigenvalue weighted by Crippen LogP contribution is 2.31. The third-order valence-electron chi connectivity index (χ3n) is 5.51. The summed E-state index contributed by atoms with van der Waals surface area (Å²) in [5.74, 6) is 1.43. The maximum atomic E-state index is 4.81. The van der Waals surface area contributed by atoms with Gasteiger partial charge in [0, 0.05) is 23.7 Å². The van der Waals surface area contributed by atoms with Gasteiger partial charge in [-0.25, -0.2) is 15.0 Å². The summed E-state index contributed by atoms with van der Waals surface area (Å²) in [6, 6.07) is 12.4. The van der Waals surface area contributed by atoms with Crippen LogP contribution in [0.15, 0.2) is 48.8 Å². The number of aromatic nitrogens is 4. The third-order valence-corrected chi connectivity index (χ3v) is 6.39. The van der Waals surface area contributed by atoms with Gasteiger partial charge in [0.05, 0.1) is 5.69 Å². The number of anilines is 2. The molecule has 0 bridgehead atoms. The van der Waals surface area contributed by atoms with Crippen molar-refractivity contribution in [1.82, 2.24) is 25.3 Å². The Morgan fingerprint density at radius 2 is 1.93 bits per heavy atom. The average molecular weight is 417 g/mol. The highest BCUT2D eigenvalue weighted by atomic mass is 32.1. The molecule has 4 aromatic heterocycles. The maximum Gasteiger partial charge on any atom is 0.190 e. The minimum absolute atomic E-state index is 0.590. The number of rotatable bonds is 4. The molecule has 7 heteroatoms. The van der Waals surface area contributed by atoms with Gasteiger partial charge in [-0.3, -0.25) is 4.98 Å². The number of hydrogen-bond acceptors (Lipinski definition) is 7. The van der Waals surface area contributed by atoms with E-state index < -0.39 is 0 Å². The molecule has 30 heavy (non-hydrogen) atoms. The van der Waals surface area contributed by atoms with Crippen molar-refractivity contribution in [2.24, 2.45) is 0 Å². The molecule has 1 aliphatic rings. The molecule has 1 unspecified atom stereocenters. The molecule has 5 heterocycles. The first-order valence-electron chi connectivity index (χ1n) is 10.4. The molecule has 1 saturated heterocycles. The Labute approximate surface area is 179 Å². The summed E-state index contributed by atoms with van der Waals surface area (Å²) in [7, 11) is 0. The molecule has 6 nitrogen and oxygen atoms in total. The minimum atomic E-state index is 0.590. The Kier molecular flexibility index (Phi) is 5.38. The van der Waals surface area contributed by atoms with Crippen molar-refractivity contribution in [2.45, 2.75) is 32.1 Å². The van der Waals surface area contributed by atoms with Gasteiger partial charge in [-0.05, 0) is 87.2 Å². The number of fused-ring (bicyclic) bond motifs is 1. The minimum Gasteiger partial charge on any atom is -0.317 e. The number of pyridine rings is 3. The Bertz CT molecular complexity index is 1160. The molecule has 0 radical (unpaired) electrons. The van der Waals surface area contributed by atoms with Crippen LogP contribution in [0.3, 0.4) is 0 Å². The predicted octanol–water partition coefficient (Wildman–Crippen LogP) is 5.06. The zero-order valence-corrected chi connectivity index (χ0v) is 17.7. The highest BCUT2D eigenvalue weighted by molar-refractivity contribution is 7.21. The van der Waals surface area contributed by atoms with E-state index in [2.05, 4.69) is 32.7 Å². The van der Waals surface area contributed by atoms with E-state index in [1.54, 1.807) is 11.3 Å². The summed E-state index contributed by atoms with van der Waals surface area (Å²) in [5, 5.41) is 7.69. The van der Waals surface area contributed by atoms with Gasteiger partial charge >= 0.3 is 0 Å². The van der Waals surface area contributed by atoms with Crippen molar-refractivity contribution < 1.29 is 0 Å². The fourth-order valence-electron chi connectivity index (χ4n) is 3.97. The van der Waals surface area contributed by atoms with Crippen LogP contribution >= 0.6 is 11.3 Å². The molecule has 0 aliphatic carbocycles. The molecule has 0 aromatic carbocycles. The Morgan fingerprint density at radius 3 is 2.87 bits per heavy atom. The maximum absolute atomic E-state index is 4.81. The van der Waals surface area contributed by atoms with Crippen LogP contribution in [0.25, 0.3) is 21.6 Å². The molecule has 5 rings (SSSR count). The van der Waals surface area contributed by atoms with E-state index in [9.17, 15) is 0 Å². The quantitative estimate of drug-likeness (QED) is 0.484. The first-order valence-corrected chi connectivity index (χ1v) is 11.2. The number of thiazole rings is 1. The van der Waals surface area contributed by atoms with Gasteiger partial charge in [-0.1, -0.05) is 11.3 Å². The third kappa shape index (κ3) is 4.17. The Morgan fingerprint density at radius 1 is 1.00 bits per heavy atom. The largest absolute Gasteiger partial charge is 0.317 e. The normalized spacial score (nSPS) is 17.0. The molecular formula is C23H24N6S. The molecule has 152 valence electrons. The standard InChI is InChI=1S/C23H24N6S/c1-15-13-18(8-11-25-15)19-4-5-20-22(27-19)30-23(28-20)29-21-14-17(7-12-26-21)16-3-2-9-24-10-6-16/h4-5,7-8,11-14,16,24H,2-3,6,9-10H2,1H3,(H,26,28,29). The van der Waals surface area contributed by atoms with Gasteiger partial charge in [-0.15, -0.1) is 0 Å². The van der Waals surface area contributed by atoms with Gasteiger partial charge in [0.15, 0.2) is 5.13 Å². The second-order valence-corrected chi connectivity index (χ2v) is 8.68. The molecule has 0 spiro atoms. The lowest BCUT2D eigenvalue weighted by atomic mass is 9.93. The molecule has 2 N–H and O–H groups in total. The van der Waals surface area contributed by atoms with E-state index >= 15 is 0 Å². The second kappa shape index (κ2) is 8.45. The zero-order valence-electron chi connectivity index (χ0n) is 16.9. The van der Waals surface area contributed by atoms with E-state index in [0.29, 0.717) is 5.92 Å². The summed E-state index contributed by atoms with van der Waals surface area (Å²) in [6.07, 6.45) is 7.33. The fourth-order valence-corrected chi connectivity index (χ4v) is 4.81. The van der Waals surface area contributed by atoms with Gasteiger partial charge < -0.3 is 10.6 Å². The molecule has 1 atom stereocenters. The molecule has 0 saturated carbocycles. The van der Waals surface area contributed by atoms with E-state index in [1.807, 2.05) is 43.6 Å². The lowest BCUT2D eigenvalue weighted by molar-refractivity contribution is 0.609.